The number of nitrogens with two attached hydrogens (primary N) is 1. The van der Waals surface area contributed by atoms with Gasteiger partial charge in [-0.15, -0.1) is 0 Å². The van der Waals surface area contributed by atoms with Gasteiger partial charge in [0.05, 0.1) is 0 Å². The molecule has 0 spiro atoms. The van der Waals surface area contributed by atoms with E-state index in [1.807, 2.05) is 42.5 Å². The summed E-state index contributed by atoms with van der Waals surface area (Å²) in [5.41, 5.74) is 7.84. The smallest absolute Gasteiger partial charge is 0.251 e. The summed E-state index contributed by atoms with van der Waals surface area (Å²) >= 11 is 0. The molecule has 2 aromatic rings. The van der Waals surface area contributed by atoms with Crippen molar-refractivity contribution >= 4 is 5.91 Å². The second kappa shape index (κ2) is 7.97. The molecule has 0 bridgehead atoms. The van der Waals surface area contributed by atoms with Crippen LogP contribution >= 0.6 is 0 Å². The number of hydrogen-bond donors (Lipinski definition) is 2. The monoisotopic (exact) mass is 324 g/mol. The van der Waals surface area contributed by atoms with E-state index in [9.17, 15) is 4.79 Å². The van der Waals surface area contributed by atoms with Crippen molar-refractivity contribution in [3.05, 3.63) is 65.7 Å². The molecule has 0 radical (unpaired) electrons. The number of amides is 1. The predicted molar refractivity (Wildman–Crippen MR) is 94.9 cm³/mol. The first kappa shape index (κ1) is 16.5. The number of hydrogen-bond acceptors (Lipinski definition) is 3. The zero-order chi connectivity index (χ0) is 16.8. The average molecular weight is 324 g/mol. The Kier molecular flexibility index (Phi) is 5.49. The van der Waals surface area contributed by atoms with E-state index in [1.165, 1.54) is 0 Å². The lowest BCUT2D eigenvalue weighted by Gasteiger charge is -2.29. The Labute approximate surface area is 143 Å². The number of nitrogens with one attached hydrogen (secondary N) is 1. The van der Waals surface area contributed by atoms with E-state index < -0.39 is 0 Å². The van der Waals surface area contributed by atoms with Crippen molar-refractivity contribution in [3.63, 3.8) is 0 Å². The molecule has 1 amide bonds. The maximum Gasteiger partial charge on any atom is 0.251 e. The van der Waals surface area contributed by atoms with Gasteiger partial charge in [-0.1, -0.05) is 43.2 Å². The number of ether oxygens (including phenoxy) is 1. The molecule has 3 rings (SSSR count). The molecule has 3 N–H and O–H groups in total. The van der Waals surface area contributed by atoms with Crippen LogP contribution in [-0.2, 0) is 6.61 Å². The van der Waals surface area contributed by atoms with Crippen molar-refractivity contribution in [3.8, 4) is 5.75 Å². The molecule has 1 aliphatic carbocycles. The van der Waals surface area contributed by atoms with Crippen LogP contribution in [0.3, 0.4) is 0 Å². The van der Waals surface area contributed by atoms with Crippen LogP contribution in [0.25, 0.3) is 0 Å². The Hall–Kier alpha value is -2.33. The van der Waals surface area contributed by atoms with Gasteiger partial charge in [-0.05, 0) is 42.7 Å². The summed E-state index contributed by atoms with van der Waals surface area (Å²) in [5.74, 6) is 0.691. The molecule has 2 aromatic carbocycles. The maximum atomic E-state index is 12.3. The fourth-order valence-electron chi connectivity index (χ4n) is 3.03. The Morgan fingerprint density at radius 1 is 1.04 bits per heavy atom. The van der Waals surface area contributed by atoms with E-state index in [0.29, 0.717) is 12.2 Å². The van der Waals surface area contributed by atoms with Gasteiger partial charge in [-0.25, -0.2) is 0 Å². The summed E-state index contributed by atoms with van der Waals surface area (Å²) in [5, 5.41) is 3.06. The Bertz CT molecular complexity index is 655. The lowest BCUT2D eigenvalue weighted by Crippen LogP contribution is -2.49. The largest absolute Gasteiger partial charge is 0.489 e. The summed E-state index contributed by atoms with van der Waals surface area (Å²) in [7, 11) is 0. The highest BCUT2D eigenvalue weighted by Gasteiger charge is 2.23. The van der Waals surface area contributed by atoms with Crippen molar-refractivity contribution in [1.82, 2.24) is 5.32 Å². The van der Waals surface area contributed by atoms with Crippen LogP contribution in [0.2, 0.25) is 0 Å². The highest BCUT2D eigenvalue weighted by Crippen LogP contribution is 2.18. The summed E-state index contributed by atoms with van der Waals surface area (Å²) in [4.78, 5) is 12.3. The van der Waals surface area contributed by atoms with E-state index in [4.69, 9.17) is 10.5 Å². The topological polar surface area (TPSA) is 64.3 Å². The molecule has 1 saturated carbocycles. The van der Waals surface area contributed by atoms with E-state index in [0.717, 1.165) is 37.0 Å². The molecule has 1 aliphatic rings. The molecule has 2 atom stereocenters. The van der Waals surface area contributed by atoms with Crippen LogP contribution in [0, 0.1) is 0 Å². The fourth-order valence-corrected chi connectivity index (χ4v) is 3.03. The third-order valence-corrected chi connectivity index (χ3v) is 4.50. The molecule has 24 heavy (non-hydrogen) atoms. The second-order valence-electron chi connectivity index (χ2n) is 6.33. The predicted octanol–water partition coefficient (Wildman–Crippen LogP) is 3.27. The quantitative estimate of drug-likeness (QED) is 0.887. The summed E-state index contributed by atoms with van der Waals surface area (Å²) in [6.07, 6.45) is 4.23. The van der Waals surface area contributed by atoms with Crippen LogP contribution in [0.15, 0.2) is 54.6 Å². The van der Waals surface area contributed by atoms with Gasteiger partial charge in [0.25, 0.3) is 5.91 Å². The molecule has 4 nitrogen and oxygen atoms in total. The number of rotatable bonds is 5. The lowest BCUT2D eigenvalue weighted by molar-refractivity contribution is 0.0921. The highest BCUT2D eigenvalue weighted by atomic mass is 16.5. The lowest BCUT2D eigenvalue weighted by atomic mass is 9.91. The van der Waals surface area contributed by atoms with Crippen molar-refractivity contribution < 1.29 is 9.53 Å². The zero-order valence-electron chi connectivity index (χ0n) is 13.8. The molecular formula is C20H24N2O2. The molecule has 0 heterocycles. The minimum Gasteiger partial charge on any atom is -0.489 e. The molecule has 0 unspecified atom stereocenters. The van der Waals surface area contributed by atoms with Gasteiger partial charge in [0.1, 0.15) is 12.4 Å². The van der Waals surface area contributed by atoms with E-state index in [1.54, 1.807) is 12.1 Å². The van der Waals surface area contributed by atoms with E-state index in [-0.39, 0.29) is 18.0 Å². The standard InChI is InChI=1S/C20H24N2O2/c21-18-8-4-5-9-19(18)22-20(23)16-10-12-17(13-11-16)24-14-15-6-2-1-3-7-15/h1-3,6-7,10-13,18-19H,4-5,8-9,14,21H2,(H,22,23)/t18-,19-/m1/s1. The van der Waals surface area contributed by atoms with E-state index in [2.05, 4.69) is 5.32 Å². The fraction of sp³-hybridized carbons (Fsp3) is 0.350. The molecule has 0 aromatic heterocycles. The summed E-state index contributed by atoms with van der Waals surface area (Å²) in [6.45, 7) is 0.517. The van der Waals surface area contributed by atoms with Gasteiger partial charge in [0.2, 0.25) is 0 Å². The molecule has 126 valence electrons. The molecular weight excluding hydrogens is 300 g/mol. The first-order valence-corrected chi connectivity index (χ1v) is 8.55. The minimum atomic E-state index is -0.0630. The second-order valence-corrected chi connectivity index (χ2v) is 6.33. The molecule has 0 aliphatic heterocycles. The van der Waals surface area contributed by atoms with Crippen LogP contribution in [0.4, 0.5) is 0 Å². The van der Waals surface area contributed by atoms with Crippen molar-refractivity contribution in [2.75, 3.05) is 0 Å². The normalized spacial score (nSPS) is 20.4. The Morgan fingerprint density at radius 2 is 1.75 bits per heavy atom. The van der Waals surface area contributed by atoms with Gasteiger partial charge < -0.3 is 15.8 Å². The van der Waals surface area contributed by atoms with Gasteiger partial charge in [0, 0.05) is 17.6 Å². The van der Waals surface area contributed by atoms with Crippen molar-refractivity contribution in [2.24, 2.45) is 5.73 Å². The molecule has 1 fully saturated rings. The van der Waals surface area contributed by atoms with Crippen LogP contribution in [0.5, 0.6) is 5.75 Å². The average Bonchev–Trinajstić information content (AvgIpc) is 2.63. The SMILES string of the molecule is N[C@@H]1CCCC[C@H]1NC(=O)c1ccc(OCc2ccccc2)cc1. The van der Waals surface area contributed by atoms with E-state index >= 15 is 0 Å². The van der Waals surface area contributed by atoms with Gasteiger partial charge >= 0.3 is 0 Å². The molecule has 0 saturated heterocycles. The van der Waals surface area contributed by atoms with Crippen LogP contribution < -0.4 is 15.8 Å². The van der Waals surface area contributed by atoms with Crippen molar-refractivity contribution in [1.29, 1.82) is 0 Å². The Balaban J connectivity index is 1.54. The van der Waals surface area contributed by atoms with Gasteiger partial charge in [-0.3, -0.25) is 4.79 Å². The third kappa shape index (κ3) is 4.36. The van der Waals surface area contributed by atoms with Gasteiger partial charge in [0.15, 0.2) is 0 Å². The minimum absolute atomic E-state index is 0.0630. The zero-order valence-corrected chi connectivity index (χ0v) is 13.8. The Morgan fingerprint density at radius 3 is 2.46 bits per heavy atom. The number of carbonyl (C=O) groups excluding carboxylic acids is 1. The number of benzene rings is 2. The van der Waals surface area contributed by atoms with Gasteiger partial charge in [-0.2, -0.15) is 0 Å². The van der Waals surface area contributed by atoms with Crippen molar-refractivity contribution in [2.45, 2.75) is 44.4 Å². The van der Waals surface area contributed by atoms with Crippen LogP contribution in [-0.4, -0.2) is 18.0 Å². The summed E-state index contributed by atoms with van der Waals surface area (Å²) < 4.78 is 5.74. The highest BCUT2D eigenvalue weighted by molar-refractivity contribution is 5.94. The maximum absolute atomic E-state index is 12.3. The first-order chi connectivity index (χ1) is 11.7. The van der Waals surface area contributed by atoms with Crippen LogP contribution in [0.1, 0.15) is 41.6 Å². The molecule has 4 heteroatoms. The summed E-state index contributed by atoms with van der Waals surface area (Å²) in [6, 6.07) is 17.4. The first-order valence-electron chi connectivity index (χ1n) is 8.55. The number of carbonyl (C=O) groups is 1. The third-order valence-electron chi connectivity index (χ3n) is 4.50.